The van der Waals surface area contributed by atoms with E-state index < -0.39 is 0 Å². The van der Waals surface area contributed by atoms with Crippen LogP contribution in [-0.4, -0.2) is 89.9 Å². The number of amides is 1. The second kappa shape index (κ2) is 10.5. The van der Waals surface area contributed by atoms with Crippen LogP contribution in [0.5, 0.6) is 0 Å². The molecule has 34 heavy (non-hydrogen) atoms. The van der Waals surface area contributed by atoms with Crippen molar-refractivity contribution in [1.29, 1.82) is 0 Å². The highest BCUT2D eigenvalue weighted by atomic mass is 16.3. The summed E-state index contributed by atoms with van der Waals surface area (Å²) in [5, 5.41) is 0. The van der Waals surface area contributed by atoms with Gasteiger partial charge in [0.2, 0.25) is 5.89 Å². The van der Waals surface area contributed by atoms with E-state index >= 15 is 0 Å². The zero-order valence-corrected chi connectivity index (χ0v) is 19.8. The number of likely N-dealkylation sites (N-methyl/N-ethyl adjacent to an activating group) is 1. The van der Waals surface area contributed by atoms with Crippen LogP contribution in [0.2, 0.25) is 0 Å². The number of carbonyl (C=O) groups is 1. The van der Waals surface area contributed by atoms with Crippen molar-refractivity contribution in [3.05, 3.63) is 89.6 Å². The molecule has 1 aromatic heterocycles. The molecule has 0 N–H and O–H groups in total. The first-order chi connectivity index (χ1) is 16.7. The van der Waals surface area contributed by atoms with Gasteiger partial charge < -0.3 is 14.2 Å². The van der Waals surface area contributed by atoms with Crippen LogP contribution in [0.3, 0.4) is 0 Å². The van der Waals surface area contributed by atoms with E-state index in [1.165, 1.54) is 17.4 Å². The average Bonchev–Trinajstić information content (AvgIpc) is 3.35. The van der Waals surface area contributed by atoms with E-state index in [0.717, 1.165) is 52.4 Å². The van der Waals surface area contributed by atoms with Crippen molar-refractivity contribution in [2.45, 2.75) is 12.6 Å². The van der Waals surface area contributed by atoms with Gasteiger partial charge in [-0.25, -0.2) is 4.98 Å². The fourth-order valence-electron chi connectivity index (χ4n) is 4.91. The van der Waals surface area contributed by atoms with E-state index in [4.69, 9.17) is 4.42 Å². The Morgan fingerprint density at radius 2 is 1.44 bits per heavy atom. The number of hydrogen-bond acceptors (Lipinski definition) is 6. The lowest BCUT2D eigenvalue weighted by Gasteiger charge is -2.39. The van der Waals surface area contributed by atoms with Gasteiger partial charge in [0.25, 0.3) is 5.91 Å². The maximum absolute atomic E-state index is 12.8. The number of aromatic nitrogens is 1. The molecule has 2 aliphatic heterocycles. The van der Waals surface area contributed by atoms with Gasteiger partial charge in [-0.1, -0.05) is 60.7 Å². The molecule has 2 aliphatic rings. The molecule has 2 fully saturated rings. The zero-order valence-electron chi connectivity index (χ0n) is 19.8. The normalized spacial score (nSPS) is 18.5. The molecule has 0 bridgehead atoms. The molecule has 5 rings (SSSR count). The molecule has 2 aromatic carbocycles. The molecule has 0 radical (unpaired) electrons. The molecule has 178 valence electrons. The first kappa shape index (κ1) is 22.8. The van der Waals surface area contributed by atoms with Gasteiger partial charge in [0.1, 0.15) is 6.26 Å². The smallest absolute Gasteiger partial charge is 0.275 e. The summed E-state index contributed by atoms with van der Waals surface area (Å²) in [5.74, 6) is 0.593. The third-order valence-electron chi connectivity index (χ3n) is 6.92. The van der Waals surface area contributed by atoms with Crippen LogP contribution in [0.15, 0.2) is 71.3 Å². The summed E-state index contributed by atoms with van der Waals surface area (Å²) in [4.78, 5) is 26.3. The topological polar surface area (TPSA) is 56.1 Å². The molecule has 0 spiro atoms. The van der Waals surface area contributed by atoms with Crippen LogP contribution < -0.4 is 0 Å². The Morgan fingerprint density at radius 3 is 2.03 bits per heavy atom. The molecule has 3 aromatic rings. The standard InChI is InChI=1S/C27H33N5O2/c1-29-12-16-32(17-13-29)27(33)24-21-34-25(28-24)20-30-14-18-31(19-15-30)26(22-8-4-2-5-9-22)23-10-6-3-7-11-23/h2-11,21,26H,12-20H2,1H3. The average molecular weight is 460 g/mol. The molecule has 3 heterocycles. The number of nitrogens with zero attached hydrogens (tertiary/aromatic N) is 5. The Bertz CT molecular complexity index is 1020. The highest BCUT2D eigenvalue weighted by Crippen LogP contribution is 2.29. The lowest BCUT2D eigenvalue weighted by Crippen LogP contribution is -2.47. The van der Waals surface area contributed by atoms with Crippen LogP contribution in [-0.2, 0) is 6.54 Å². The van der Waals surface area contributed by atoms with Gasteiger partial charge in [-0.15, -0.1) is 0 Å². The van der Waals surface area contributed by atoms with Crippen LogP contribution in [0.4, 0.5) is 0 Å². The molecule has 7 nitrogen and oxygen atoms in total. The lowest BCUT2D eigenvalue weighted by atomic mass is 9.96. The number of rotatable bonds is 6. The summed E-state index contributed by atoms with van der Waals surface area (Å²) in [6.45, 7) is 7.69. The Morgan fingerprint density at radius 1 is 0.853 bits per heavy atom. The van der Waals surface area contributed by atoms with E-state index in [0.29, 0.717) is 18.1 Å². The van der Waals surface area contributed by atoms with Crippen molar-refractivity contribution in [3.63, 3.8) is 0 Å². The number of piperazine rings is 2. The fraction of sp³-hybridized carbons (Fsp3) is 0.407. The third kappa shape index (κ3) is 5.22. The van der Waals surface area contributed by atoms with Gasteiger partial charge in [0, 0.05) is 52.4 Å². The van der Waals surface area contributed by atoms with Crippen LogP contribution in [0.1, 0.15) is 33.5 Å². The van der Waals surface area contributed by atoms with Gasteiger partial charge in [0.05, 0.1) is 12.6 Å². The second-order valence-electron chi connectivity index (χ2n) is 9.26. The summed E-state index contributed by atoms with van der Waals surface area (Å²) in [7, 11) is 2.08. The quantitative estimate of drug-likeness (QED) is 0.565. The minimum absolute atomic E-state index is 0.0264. The number of benzene rings is 2. The maximum atomic E-state index is 12.8. The molecular formula is C27H33N5O2. The van der Waals surface area contributed by atoms with Crippen molar-refractivity contribution in [1.82, 2.24) is 24.6 Å². The van der Waals surface area contributed by atoms with E-state index in [2.05, 4.69) is 87.4 Å². The fourth-order valence-corrected chi connectivity index (χ4v) is 4.91. The van der Waals surface area contributed by atoms with E-state index in [9.17, 15) is 4.79 Å². The monoisotopic (exact) mass is 459 g/mol. The second-order valence-corrected chi connectivity index (χ2v) is 9.26. The summed E-state index contributed by atoms with van der Waals surface area (Å²) < 4.78 is 5.69. The van der Waals surface area contributed by atoms with Crippen molar-refractivity contribution in [2.75, 3.05) is 59.4 Å². The van der Waals surface area contributed by atoms with Crippen molar-refractivity contribution in [3.8, 4) is 0 Å². The number of hydrogen-bond donors (Lipinski definition) is 0. The van der Waals surface area contributed by atoms with Crippen LogP contribution in [0, 0.1) is 0 Å². The Labute approximate surface area is 201 Å². The van der Waals surface area contributed by atoms with Gasteiger partial charge in [0.15, 0.2) is 5.69 Å². The highest BCUT2D eigenvalue weighted by molar-refractivity contribution is 5.92. The molecule has 0 aliphatic carbocycles. The van der Waals surface area contributed by atoms with Crippen molar-refractivity contribution in [2.24, 2.45) is 0 Å². The largest absolute Gasteiger partial charge is 0.447 e. The van der Waals surface area contributed by atoms with Crippen molar-refractivity contribution >= 4 is 5.91 Å². The van der Waals surface area contributed by atoms with Gasteiger partial charge in [-0.05, 0) is 18.2 Å². The SMILES string of the molecule is CN1CCN(C(=O)c2coc(CN3CCN(C(c4ccccc4)c4ccccc4)CC3)n2)CC1. The summed E-state index contributed by atoms with van der Waals surface area (Å²) in [6, 6.07) is 21.7. The Kier molecular flexibility index (Phi) is 7.04. The molecule has 0 saturated carbocycles. The molecular weight excluding hydrogens is 426 g/mol. The maximum Gasteiger partial charge on any atom is 0.275 e. The van der Waals surface area contributed by atoms with Crippen LogP contribution >= 0.6 is 0 Å². The molecule has 1 amide bonds. The summed E-state index contributed by atoms with van der Waals surface area (Å²) in [5.41, 5.74) is 3.07. The lowest BCUT2D eigenvalue weighted by molar-refractivity contribution is 0.0658. The minimum atomic E-state index is -0.0264. The number of carbonyl (C=O) groups excluding carboxylic acids is 1. The summed E-state index contributed by atoms with van der Waals surface area (Å²) in [6.07, 6.45) is 1.52. The van der Waals surface area contributed by atoms with Gasteiger partial charge in [-0.3, -0.25) is 14.6 Å². The highest BCUT2D eigenvalue weighted by Gasteiger charge is 2.28. The minimum Gasteiger partial charge on any atom is -0.447 e. The predicted molar refractivity (Wildman–Crippen MR) is 131 cm³/mol. The van der Waals surface area contributed by atoms with E-state index in [1.54, 1.807) is 0 Å². The Hall–Kier alpha value is -3.00. The predicted octanol–water partition coefficient (Wildman–Crippen LogP) is 2.97. The van der Waals surface area contributed by atoms with E-state index in [-0.39, 0.29) is 11.9 Å². The molecule has 0 unspecified atom stereocenters. The number of oxazole rings is 1. The molecule has 2 saturated heterocycles. The van der Waals surface area contributed by atoms with Crippen molar-refractivity contribution < 1.29 is 9.21 Å². The first-order valence-electron chi connectivity index (χ1n) is 12.2. The van der Waals surface area contributed by atoms with E-state index in [1.807, 2.05) is 4.90 Å². The molecule has 0 atom stereocenters. The van der Waals surface area contributed by atoms with Gasteiger partial charge in [-0.2, -0.15) is 0 Å². The Balaban J connectivity index is 1.20. The van der Waals surface area contributed by atoms with Gasteiger partial charge >= 0.3 is 0 Å². The summed E-state index contributed by atoms with van der Waals surface area (Å²) >= 11 is 0. The van der Waals surface area contributed by atoms with Crippen LogP contribution in [0.25, 0.3) is 0 Å². The third-order valence-corrected chi connectivity index (χ3v) is 6.92. The first-order valence-corrected chi connectivity index (χ1v) is 12.2. The zero-order chi connectivity index (χ0) is 23.3. The molecule has 7 heteroatoms.